The molecule has 8 heterocycles. The first kappa shape index (κ1) is 84.2. The molecule has 584 valence electrons. The molecule has 30 nitrogen and oxygen atoms in total. The highest BCUT2D eigenvalue weighted by Crippen LogP contribution is 2.29. The molecule has 0 aliphatic carbocycles. The molecule has 0 N–H and O–H groups in total. The summed E-state index contributed by atoms with van der Waals surface area (Å²) in [5.41, 5.74) is 0. The molecule has 0 aromatic carbocycles. The zero-order valence-corrected chi connectivity index (χ0v) is 62.7. The smallest absolute Gasteiger partial charge is 0.163 e. The molecule has 0 bridgehead atoms. The average Bonchev–Trinajstić information content (AvgIpc) is 1.48. The van der Waals surface area contributed by atoms with Crippen molar-refractivity contribution in [3.05, 3.63) is 12.7 Å². The van der Waals surface area contributed by atoms with Crippen LogP contribution in [0.2, 0.25) is 0 Å². The maximum absolute atomic E-state index is 6.95. The second kappa shape index (κ2) is 39.6. The highest BCUT2D eigenvalue weighted by Gasteiger charge is 2.40. The lowest BCUT2D eigenvalue weighted by molar-refractivity contribution is -0.172. The van der Waals surface area contributed by atoms with E-state index in [0.717, 1.165) is 0 Å². The SMILES string of the molecule is C=CC(COC(COC(COCC1COC(C)(C)O1)COCC1COC(C)(C)O1)COC(COCC1COC(C)(C)O1)COCC1COC(C)(C)O1)OC(COC(COCC1COC(C)(C)O1)COCC1COC(C)(C)O1)COC(COCC1COC(C)(C)O1)COCC1COC(C)(C)O1. The third-order valence-electron chi connectivity index (χ3n) is 16.6. The lowest BCUT2D eigenvalue weighted by Crippen LogP contribution is -2.40. The van der Waals surface area contributed by atoms with Gasteiger partial charge in [-0.05, 0) is 111 Å². The standard InChI is InChI=1S/C70H124O30/c1-18-48(92-54(38-82-51(23-75-31-59-44-88-67(10,11)97-59)24-76-32-60-45-89-68(12,13)98-60)39-83-52(25-77-33-61-46-90-69(14,15)99-61)26-78-34-62-47-91-70(16,17)100-62)35-79-53(36-80-49(19-71-27-55-40-84-63(2,3)93-55)20-72-28-56-41-85-64(4,5)94-56)37-81-50(21-73-29-57-42-86-65(6,7)95-57)22-74-30-58-43-87-66(8,9)96-58/h18,48-62H,1,19-47H2,2-17H3. The lowest BCUT2D eigenvalue weighted by Gasteiger charge is -2.29. The van der Waals surface area contributed by atoms with Gasteiger partial charge in [0.2, 0.25) is 0 Å². The number of hydrogen-bond donors (Lipinski definition) is 0. The maximum Gasteiger partial charge on any atom is 0.163 e. The average molecular weight is 1450 g/mol. The van der Waals surface area contributed by atoms with E-state index in [0.29, 0.717) is 52.9 Å². The van der Waals surface area contributed by atoms with Crippen LogP contribution in [0.25, 0.3) is 0 Å². The van der Waals surface area contributed by atoms with Gasteiger partial charge in [0.25, 0.3) is 0 Å². The molecule has 8 saturated heterocycles. The van der Waals surface area contributed by atoms with Crippen molar-refractivity contribution in [2.75, 3.05) is 192 Å². The van der Waals surface area contributed by atoms with E-state index in [9.17, 15) is 0 Å². The van der Waals surface area contributed by atoms with Crippen molar-refractivity contribution >= 4 is 0 Å². The van der Waals surface area contributed by atoms with Crippen LogP contribution < -0.4 is 0 Å². The summed E-state index contributed by atoms with van der Waals surface area (Å²) in [7, 11) is 0. The minimum absolute atomic E-state index is 0.00204. The molecule has 9 atom stereocenters. The number of hydrogen-bond acceptors (Lipinski definition) is 30. The van der Waals surface area contributed by atoms with Crippen molar-refractivity contribution in [1.29, 1.82) is 0 Å². The van der Waals surface area contributed by atoms with Crippen molar-refractivity contribution in [2.24, 2.45) is 0 Å². The van der Waals surface area contributed by atoms with E-state index in [2.05, 4.69) is 6.58 Å². The fraction of sp³-hybridized carbons (Fsp3) is 0.971. The van der Waals surface area contributed by atoms with Gasteiger partial charge in [0, 0.05) is 0 Å². The zero-order chi connectivity index (χ0) is 72.1. The van der Waals surface area contributed by atoms with Crippen molar-refractivity contribution in [1.82, 2.24) is 0 Å². The largest absolute Gasteiger partial charge is 0.376 e. The molecule has 0 spiro atoms. The second-order valence-electron chi connectivity index (χ2n) is 30.2. The third-order valence-corrected chi connectivity index (χ3v) is 16.6. The highest BCUT2D eigenvalue weighted by molar-refractivity contribution is 4.84. The summed E-state index contributed by atoms with van der Waals surface area (Å²) in [6.07, 6.45) is -5.17. The Balaban J connectivity index is 0.992. The molecule has 0 amide bonds. The first-order chi connectivity index (χ1) is 47.2. The summed E-state index contributed by atoms with van der Waals surface area (Å²) in [4.78, 5) is 0. The lowest BCUT2D eigenvalue weighted by atomic mass is 10.3. The zero-order valence-electron chi connectivity index (χ0n) is 62.7. The molecular weight excluding hydrogens is 1320 g/mol. The Kier molecular flexibility index (Phi) is 33.3. The molecule has 0 aromatic heterocycles. The monoisotopic (exact) mass is 1440 g/mol. The van der Waals surface area contributed by atoms with Gasteiger partial charge < -0.3 is 142 Å². The van der Waals surface area contributed by atoms with Crippen LogP contribution >= 0.6 is 0 Å². The minimum Gasteiger partial charge on any atom is -0.376 e. The minimum atomic E-state index is -0.765. The molecule has 30 heteroatoms. The van der Waals surface area contributed by atoms with E-state index < -0.39 is 89.0 Å². The summed E-state index contributed by atoms with van der Waals surface area (Å²) in [6, 6.07) is 0. The Morgan fingerprint density at radius 2 is 0.410 bits per heavy atom. The van der Waals surface area contributed by atoms with Crippen molar-refractivity contribution in [2.45, 2.75) is 249 Å². The molecule has 9 unspecified atom stereocenters. The Bertz CT molecular complexity index is 2040. The normalized spacial score (nSPS) is 30.6. The van der Waals surface area contributed by atoms with Crippen molar-refractivity contribution in [3.8, 4) is 0 Å². The Morgan fingerprint density at radius 1 is 0.250 bits per heavy atom. The van der Waals surface area contributed by atoms with Gasteiger partial charge in [-0.3, -0.25) is 0 Å². The second-order valence-corrected chi connectivity index (χ2v) is 30.2. The molecule has 0 saturated carbocycles. The van der Waals surface area contributed by atoms with Crippen LogP contribution in [0, 0.1) is 0 Å². The Labute approximate surface area is 593 Å². The Hall–Kier alpha value is -1.46. The first-order valence-corrected chi connectivity index (χ1v) is 35.8. The van der Waals surface area contributed by atoms with Crippen LogP contribution in [0.5, 0.6) is 0 Å². The van der Waals surface area contributed by atoms with Gasteiger partial charge in [-0.1, -0.05) is 6.08 Å². The quantitative estimate of drug-likeness (QED) is 0.0708. The topological polar surface area (TPSA) is 277 Å². The number of ether oxygens (including phenoxy) is 30. The molecule has 8 fully saturated rings. The molecule has 8 aliphatic heterocycles. The fourth-order valence-corrected chi connectivity index (χ4v) is 11.9. The van der Waals surface area contributed by atoms with Crippen LogP contribution in [-0.2, 0) is 142 Å². The molecule has 0 radical (unpaired) electrons. The van der Waals surface area contributed by atoms with Crippen LogP contribution in [0.3, 0.4) is 0 Å². The third kappa shape index (κ3) is 32.2. The molecule has 100 heavy (non-hydrogen) atoms. The van der Waals surface area contributed by atoms with E-state index in [4.69, 9.17) is 142 Å². The summed E-state index contributed by atoms with van der Waals surface area (Å²) in [6.45, 7) is 40.5. The summed E-state index contributed by atoms with van der Waals surface area (Å²) < 4.78 is 186. The predicted molar refractivity (Wildman–Crippen MR) is 353 cm³/mol. The van der Waals surface area contributed by atoms with Gasteiger partial charge in [-0.2, -0.15) is 0 Å². The summed E-state index contributed by atoms with van der Waals surface area (Å²) in [5.74, 6) is -5.82. The van der Waals surface area contributed by atoms with Crippen molar-refractivity contribution in [3.63, 3.8) is 0 Å². The predicted octanol–water partition coefficient (Wildman–Crippen LogP) is 5.20. The molecule has 8 rings (SSSR count). The summed E-state index contributed by atoms with van der Waals surface area (Å²) >= 11 is 0. The van der Waals surface area contributed by atoms with E-state index in [-0.39, 0.29) is 188 Å². The van der Waals surface area contributed by atoms with Gasteiger partial charge in [-0.25, -0.2) is 0 Å². The van der Waals surface area contributed by atoms with Gasteiger partial charge in [0.1, 0.15) is 85.5 Å². The van der Waals surface area contributed by atoms with Gasteiger partial charge in [0.05, 0.1) is 198 Å². The van der Waals surface area contributed by atoms with Crippen LogP contribution in [0.4, 0.5) is 0 Å². The Morgan fingerprint density at radius 3 is 0.570 bits per heavy atom. The highest BCUT2D eigenvalue weighted by atomic mass is 16.8. The van der Waals surface area contributed by atoms with Crippen LogP contribution in [0.1, 0.15) is 111 Å². The van der Waals surface area contributed by atoms with Gasteiger partial charge in [-0.15, -0.1) is 6.58 Å². The maximum atomic E-state index is 6.95. The molecule has 0 aromatic rings. The van der Waals surface area contributed by atoms with Crippen molar-refractivity contribution < 1.29 is 142 Å². The van der Waals surface area contributed by atoms with Gasteiger partial charge in [0.15, 0.2) is 46.3 Å². The summed E-state index contributed by atoms with van der Waals surface area (Å²) in [5, 5.41) is 0. The number of rotatable bonds is 50. The van der Waals surface area contributed by atoms with Gasteiger partial charge >= 0.3 is 0 Å². The first-order valence-electron chi connectivity index (χ1n) is 35.8. The van der Waals surface area contributed by atoms with Crippen LogP contribution in [0.15, 0.2) is 12.7 Å². The van der Waals surface area contributed by atoms with E-state index in [1.54, 1.807) is 6.08 Å². The van der Waals surface area contributed by atoms with Crippen LogP contribution in [-0.4, -0.2) is 329 Å². The van der Waals surface area contributed by atoms with E-state index in [1.165, 1.54) is 0 Å². The van der Waals surface area contributed by atoms with E-state index in [1.807, 2.05) is 111 Å². The van der Waals surface area contributed by atoms with E-state index >= 15 is 0 Å². The molecule has 8 aliphatic rings. The fourth-order valence-electron chi connectivity index (χ4n) is 11.9. The molecular formula is C70H124O30.